The van der Waals surface area contributed by atoms with E-state index in [0.717, 1.165) is 11.3 Å². The van der Waals surface area contributed by atoms with Gasteiger partial charge in [-0.1, -0.05) is 11.3 Å². The van der Waals surface area contributed by atoms with E-state index < -0.39 is 22.0 Å². The molecule has 0 unspecified atom stereocenters. The molecule has 11 heteroatoms. The second-order valence-electron chi connectivity index (χ2n) is 5.96. The van der Waals surface area contributed by atoms with Gasteiger partial charge in [-0.25, -0.2) is 4.79 Å². The summed E-state index contributed by atoms with van der Waals surface area (Å²) in [5.41, 5.74) is 0.822. The lowest BCUT2D eigenvalue weighted by molar-refractivity contribution is -0.141. The number of thiazole rings is 1. The monoisotopic (exact) mass is 450 g/mol. The zero-order valence-electron chi connectivity index (χ0n) is 16.3. The van der Waals surface area contributed by atoms with Crippen molar-refractivity contribution in [2.24, 2.45) is 4.40 Å². The minimum absolute atomic E-state index is 0.0272. The first-order valence-electron chi connectivity index (χ1n) is 8.52. The number of carbonyl (C=O) groups is 2. The number of fused-ring (bicyclic) bond motifs is 1. The van der Waals surface area contributed by atoms with Gasteiger partial charge in [0.2, 0.25) is 4.80 Å². The zero-order valence-corrected chi connectivity index (χ0v) is 18.0. The van der Waals surface area contributed by atoms with E-state index >= 15 is 0 Å². The van der Waals surface area contributed by atoms with Crippen LogP contribution >= 0.6 is 11.3 Å². The Morgan fingerprint density at radius 1 is 1.03 bits per heavy atom. The normalized spacial score (nSPS) is 12.0. The maximum absolute atomic E-state index is 12.8. The van der Waals surface area contributed by atoms with Crippen molar-refractivity contribution in [1.82, 2.24) is 4.57 Å². The minimum Gasteiger partial charge on any atom is -0.497 e. The van der Waals surface area contributed by atoms with Crippen LogP contribution in [0, 0.1) is 0 Å². The Balaban J connectivity index is 2.19. The third-order valence-electron chi connectivity index (χ3n) is 4.17. The van der Waals surface area contributed by atoms with E-state index in [9.17, 15) is 18.0 Å². The number of hydrogen-bond acceptors (Lipinski definition) is 8. The molecule has 0 N–H and O–H groups in total. The van der Waals surface area contributed by atoms with Crippen LogP contribution in [0.5, 0.6) is 5.75 Å². The Labute approximate surface area is 176 Å². The third kappa shape index (κ3) is 4.36. The van der Waals surface area contributed by atoms with Gasteiger partial charge in [-0.05, 0) is 42.5 Å². The smallest absolute Gasteiger partial charge is 0.337 e. The predicted molar refractivity (Wildman–Crippen MR) is 109 cm³/mol. The van der Waals surface area contributed by atoms with Crippen molar-refractivity contribution in [3.8, 4) is 5.75 Å². The first-order chi connectivity index (χ1) is 14.3. The molecule has 158 valence electrons. The number of nitrogens with zero attached hydrogens (tertiary/aromatic N) is 2. The maximum atomic E-state index is 12.8. The molecule has 0 saturated heterocycles. The minimum atomic E-state index is -4.07. The highest BCUT2D eigenvalue weighted by Crippen LogP contribution is 2.22. The molecule has 3 aromatic rings. The first kappa shape index (κ1) is 21.5. The largest absolute Gasteiger partial charge is 0.497 e. The van der Waals surface area contributed by atoms with Gasteiger partial charge in [0, 0.05) is 0 Å². The molecule has 0 atom stereocenters. The SMILES string of the molecule is COC(=O)Cn1/c(=N/S(=O)(=O)c2ccc(OC)cc2)sc2cc(C(=O)OC)ccc21. The fourth-order valence-corrected chi connectivity index (χ4v) is 4.91. The summed E-state index contributed by atoms with van der Waals surface area (Å²) in [5, 5.41) is 0. The van der Waals surface area contributed by atoms with Crippen LogP contribution in [0.3, 0.4) is 0 Å². The predicted octanol–water partition coefficient (Wildman–Crippen LogP) is 1.96. The summed E-state index contributed by atoms with van der Waals surface area (Å²) >= 11 is 1.02. The molecular formula is C19H18N2O7S2. The topological polar surface area (TPSA) is 113 Å². The molecule has 30 heavy (non-hydrogen) atoms. The standard InChI is InChI=1S/C19H18N2O7S2/c1-26-13-5-7-14(8-6-13)30(24,25)20-19-21(11-17(22)27-2)15-9-4-12(18(23)28-3)10-16(15)29-19/h4-10H,11H2,1-3H3/b20-19-. The average molecular weight is 450 g/mol. The van der Waals surface area contributed by atoms with Gasteiger partial charge in [0.25, 0.3) is 10.0 Å². The quantitative estimate of drug-likeness (QED) is 0.528. The Hall–Kier alpha value is -3.18. The molecule has 0 spiro atoms. The van der Waals surface area contributed by atoms with E-state index in [-0.39, 0.29) is 16.2 Å². The van der Waals surface area contributed by atoms with Gasteiger partial charge < -0.3 is 18.8 Å². The Morgan fingerprint density at radius 2 is 1.73 bits per heavy atom. The summed E-state index contributed by atoms with van der Waals surface area (Å²) in [6.07, 6.45) is 0. The van der Waals surface area contributed by atoms with Gasteiger partial charge in [0.1, 0.15) is 12.3 Å². The van der Waals surface area contributed by atoms with Crippen molar-refractivity contribution in [1.29, 1.82) is 0 Å². The number of sulfonamides is 1. The summed E-state index contributed by atoms with van der Waals surface area (Å²) in [6.45, 7) is -0.245. The highest BCUT2D eigenvalue weighted by Gasteiger charge is 2.17. The molecule has 0 aliphatic rings. The Bertz CT molecular complexity index is 1270. The fourth-order valence-electron chi connectivity index (χ4n) is 2.64. The second kappa shape index (κ2) is 8.67. The molecule has 2 aromatic carbocycles. The van der Waals surface area contributed by atoms with E-state index in [2.05, 4.69) is 4.40 Å². The fraction of sp³-hybridized carbons (Fsp3) is 0.211. The molecule has 3 rings (SSSR count). The van der Waals surface area contributed by atoms with E-state index in [1.54, 1.807) is 12.1 Å². The number of aromatic nitrogens is 1. The zero-order chi connectivity index (χ0) is 21.9. The number of rotatable bonds is 6. The lowest BCUT2D eigenvalue weighted by Crippen LogP contribution is -2.22. The highest BCUT2D eigenvalue weighted by atomic mass is 32.2. The second-order valence-corrected chi connectivity index (χ2v) is 8.58. The molecule has 0 bridgehead atoms. The summed E-state index contributed by atoms with van der Waals surface area (Å²) in [7, 11) is -0.0929. The lowest BCUT2D eigenvalue weighted by atomic mass is 10.2. The number of benzene rings is 2. The van der Waals surface area contributed by atoms with Gasteiger partial charge in [-0.15, -0.1) is 4.40 Å². The van der Waals surface area contributed by atoms with Gasteiger partial charge in [0.05, 0.1) is 42.0 Å². The number of esters is 2. The van der Waals surface area contributed by atoms with Gasteiger partial charge in [-0.2, -0.15) is 8.42 Å². The number of ether oxygens (including phenoxy) is 3. The van der Waals surface area contributed by atoms with Crippen LogP contribution in [0.2, 0.25) is 0 Å². The molecule has 1 aromatic heterocycles. The molecule has 0 aliphatic heterocycles. The van der Waals surface area contributed by atoms with E-state index in [4.69, 9.17) is 14.2 Å². The van der Waals surface area contributed by atoms with Crippen LogP contribution < -0.4 is 9.54 Å². The van der Waals surface area contributed by atoms with Crippen molar-refractivity contribution in [3.05, 3.63) is 52.8 Å². The summed E-state index contributed by atoms with van der Waals surface area (Å²) < 4.78 is 46.0. The van der Waals surface area contributed by atoms with Crippen molar-refractivity contribution < 1.29 is 32.2 Å². The molecule has 0 radical (unpaired) electrons. The van der Waals surface area contributed by atoms with Gasteiger partial charge in [-0.3, -0.25) is 4.79 Å². The highest BCUT2D eigenvalue weighted by molar-refractivity contribution is 7.90. The van der Waals surface area contributed by atoms with Crippen LogP contribution in [-0.4, -0.2) is 46.3 Å². The summed E-state index contributed by atoms with van der Waals surface area (Å²) in [6, 6.07) is 10.5. The molecular weight excluding hydrogens is 432 g/mol. The van der Waals surface area contributed by atoms with Crippen LogP contribution in [0.15, 0.2) is 51.8 Å². The van der Waals surface area contributed by atoms with Crippen LogP contribution in [0.4, 0.5) is 0 Å². The van der Waals surface area contributed by atoms with E-state index in [1.165, 1.54) is 56.2 Å². The van der Waals surface area contributed by atoms with Crippen LogP contribution in [-0.2, 0) is 30.8 Å². The van der Waals surface area contributed by atoms with E-state index in [0.29, 0.717) is 21.5 Å². The van der Waals surface area contributed by atoms with Crippen molar-refractivity contribution in [2.75, 3.05) is 21.3 Å². The number of methoxy groups -OCH3 is 3. The summed E-state index contributed by atoms with van der Waals surface area (Å²) in [5.74, 6) is -0.601. The molecule has 0 aliphatic carbocycles. The Morgan fingerprint density at radius 3 is 2.33 bits per heavy atom. The van der Waals surface area contributed by atoms with Crippen molar-refractivity contribution >= 4 is 43.5 Å². The van der Waals surface area contributed by atoms with Crippen molar-refractivity contribution in [2.45, 2.75) is 11.4 Å². The average Bonchev–Trinajstić information content (AvgIpc) is 3.08. The third-order valence-corrected chi connectivity index (χ3v) is 6.61. The maximum Gasteiger partial charge on any atom is 0.337 e. The molecule has 0 amide bonds. The van der Waals surface area contributed by atoms with Crippen LogP contribution in [0.25, 0.3) is 10.2 Å². The molecule has 9 nitrogen and oxygen atoms in total. The van der Waals surface area contributed by atoms with Gasteiger partial charge in [0.15, 0.2) is 0 Å². The Kier molecular flexibility index (Phi) is 6.22. The van der Waals surface area contributed by atoms with Gasteiger partial charge >= 0.3 is 11.9 Å². The summed E-state index contributed by atoms with van der Waals surface area (Å²) in [4.78, 5) is 23.7. The number of carbonyl (C=O) groups excluding carboxylic acids is 2. The molecule has 1 heterocycles. The van der Waals surface area contributed by atoms with Crippen LogP contribution in [0.1, 0.15) is 10.4 Å². The molecule has 0 fully saturated rings. The lowest BCUT2D eigenvalue weighted by Gasteiger charge is -2.05. The van der Waals surface area contributed by atoms with Crippen molar-refractivity contribution in [3.63, 3.8) is 0 Å². The number of hydrogen-bond donors (Lipinski definition) is 0. The molecule has 0 saturated carbocycles. The van der Waals surface area contributed by atoms with E-state index in [1.807, 2.05) is 0 Å². The first-order valence-corrected chi connectivity index (χ1v) is 10.8.